The van der Waals surface area contributed by atoms with Crippen LogP contribution in [0, 0.1) is 11.3 Å². The van der Waals surface area contributed by atoms with Crippen LogP contribution in [0.15, 0.2) is 18.2 Å². The van der Waals surface area contributed by atoms with E-state index in [1.807, 2.05) is 13.0 Å². The van der Waals surface area contributed by atoms with Crippen LogP contribution < -0.4 is 10.1 Å². The van der Waals surface area contributed by atoms with Crippen molar-refractivity contribution >= 4 is 17.6 Å². The fourth-order valence-electron chi connectivity index (χ4n) is 1.99. The molecule has 22 heavy (non-hydrogen) atoms. The molecule has 6 heteroatoms. The second-order valence-corrected chi connectivity index (χ2v) is 5.06. The summed E-state index contributed by atoms with van der Waals surface area (Å²) in [6, 6.07) is 6.43. The van der Waals surface area contributed by atoms with Crippen molar-refractivity contribution in [3.05, 3.63) is 23.8 Å². The number of nitrogens with one attached hydrogen (secondary N) is 1. The summed E-state index contributed by atoms with van der Waals surface area (Å²) in [5.74, 6) is -0.639. The van der Waals surface area contributed by atoms with Crippen LogP contribution in [0.1, 0.15) is 39.2 Å². The molecule has 0 saturated carbocycles. The summed E-state index contributed by atoms with van der Waals surface area (Å²) in [6.45, 7) is 4.93. The van der Waals surface area contributed by atoms with Crippen molar-refractivity contribution in [2.75, 3.05) is 12.4 Å². The molecule has 0 unspecified atom stereocenters. The molecule has 0 spiro atoms. The molecule has 0 saturated heterocycles. The van der Waals surface area contributed by atoms with Crippen LogP contribution in [0.4, 0.5) is 5.69 Å². The molecule has 1 amide bonds. The third-order valence-corrected chi connectivity index (χ3v) is 3.27. The highest BCUT2D eigenvalue weighted by molar-refractivity contribution is 5.97. The Morgan fingerprint density at radius 1 is 1.41 bits per heavy atom. The van der Waals surface area contributed by atoms with E-state index < -0.39 is 11.6 Å². The topological polar surface area (TPSA) is 88.4 Å². The van der Waals surface area contributed by atoms with E-state index in [0.717, 1.165) is 6.42 Å². The van der Waals surface area contributed by atoms with Gasteiger partial charge in [-0.3, -0.25) is 9.59 Å². The normalized spacial score (nSPS) is 12.9. The van der Waals surface area contributed by atoms with Crippen molar-refractivity contribution in [2.45, 2.75) is 39.2 Å². The molecule has 1 aromatic carbocycles. The van der Waals surface area contributed by atoms with E-state index in [1.54, 1.807) is 13.0 Å². The highest BCUT2D eigenvalue weighted by Crippen LogP contribution is 2.24. The van der Waals surface area contributed by atoms with Crippen LogP contribution in [0.3, 0.4) is 0 Å². The van der Waals surface area contributed by atoms with Crippen LogP contribution in [0.2, 0.25) is 0 Å². The number of hydrogen-bond acceptors (Lipinski definition) is 5. The van der Waals surface area contributed by atoms with Gasteiger partial charge in [-0.1, -0.05) is 13.3 Å². The van der Waals surface area contributed by atoms with E-state index in [1.165, 1.54) is 26.2 Å². The van der Waals surface area contributed by atoms with Gasteiger partial charge in [-0.05, 0) is 31.5 Å². The van der Waals surface area contributed by atoms with Crippen LogP contribution in [-0.2, 0) is 14.3 Å². The average Bonchev–Trinajstić information content (AvgIpc) is 2.48. The highest BCUT2D eigenvalue weighted by atomic mass is 16.5. The summed E-state index contributed by atoms with van der Waals surface area (Å²) in [6.07, 6.45) is 1.37. The first kappa shape index (κ1) is 17.7. The predicted octanol–water partition coefficient (Wildman–Crippen LogP) is 2.63. The molecule has 0 fully saturated rings. The van der Waals surface area contributed by atoms with Crippen molar-refractivity contribution in [2.24, 2.45) is 0 Å². The van der Waals surface area contributed by atoms with Gasteiger partial charge in [0, 0.05) is 19.7 Å². The number of ether oxygens (including phenoxy) is 2. The standard InChI is InChI=1S/C16H20N2O4/c1-5-8-16(3,21-4)15(20)18-13-6-7-14(22-11(2)19)12(9-13)10-17/h6-7,9H,5,8H2,1-4H3,(H,18,20)/t16-/m0/s1. The Morgan fingerprint density at radius 3 is 2.59 bits per heavy atom. The van der Waals surface area contributed by atoms with E-state index in [0.29, 0.717) is 12.1 Å². The Labute approximate surface area is 130 Å². The number of esters is 1. The van der Waals surface area contributed by atoms with Crippen molar-refractivity contribution in [3.8, 4) is 11.8 Å². The van der Waals surface area contributed by atoms with Gasteiger partial charge in [0.05, 0.1) is 5.56 Å². The van der Waals surface area contributed by atoms with E-state index in [2.05, 4.69) is 5.32 Å². The maximum absolute atomic E-state index is 12.3. The summed E-state index contributed by atoms with van der Waals surface area (Å²) in [4.78, 5) is 23.3. The fraction of sp³-hybridized carbons (Fsp3) is 0.438. The Kier molecular flexibility index (Phi) is 6.08. The Bertz CT molecular complexity index is 607. The summed E-state index contributed by atoms with van der Waals surface area (Å²) in [5.41, 5.74) is -0.324. The summed E-state index contributed by atoms with van der Waals surface area (Å²) >= 11 is 0. The third kappa shape index (κ3) is 4.30. The zero-order valence-electron chi connectivity index (χ0n) is 13.2. The second kappa shape index (κ2) is 7.57. The van der Waals surface area contributed by atoms with Crippen LogP contribution >= 0.6 is 0 Å². The number of benzene rings is 1. The SMILES string of the molecule is CCC[C@](C)(OC)C(=O)Nc1ccc(OC(C)=O)c(C#N)c1. The zero-order chi connectivity index (χ0) is 16.8. The quantitative estimate of drug-likeness (QED) is 0.644. The number of hydrogen-bond donors (Lipinski definition) is 1. The summed E-state index contributed by atoms with van der Waals surface area (Å²) in [5, 5.41) is 11.8. The van der Waals surface area contributed by atoms with Gasteiger partial charge < -0.3 is 14.8 Å². The molecule has 1 atom stereocenters. The van der Waals surface area contributed by atoms with Gasteiger partial charge in [-0.15, -0.1) is 0 Å². The number of anilines is 1. The molecule has 0 aliphatic heterocycles. The average molecular weight is 304 g/mol. The number of methoxy groups -OCH3 is 1. The smallest absolute Gasteiger partial charge is 0.308 e. The van der Waals surface area contributed by atoms with Gasteiger partial charge in [0.1, 0.15) is 17.4 Å². The number of nitrogens with zero attached hydrogens (tertiary/aromatic N) is 1. The Hall–Kier alpha value is -2.39. The van der Waals surface area contributed by atoms with Crippen LogP contribution in [-0.4, -0.2) is 24.6 Å². The van der Waals surface area contributed by atoms with Gasteiger partial charge in [-0.2, -0.15) is 5.26 Å². The lowest BCUT2D eigenvalue weighted by atomic mass is 9.99. The predicted molar refractivity (Wildman–Crippen MR) is 81.4 cm³/mol. The minimum absolute atomic E-state index is 0.163. The number of amides is 1. The van der Waals surface area contributed by atoms with E-state index in [4.69, 9.17) is 14.7 Å². The molecule has 0 heterocycles. The lowest BCUT2D eigenvalue weighted by Crippen LogP contribution is -2.41. The van der Waals surface area contributed by atoms with Gasteiger partial charge in [0.15, 0.2) is 0 Å². The molecule has 0 aliphatic rings. The third-order valence-electron chi connectivity index (χ3n) is 3.27. The van der Waals surface area contributed by atoms with Crippen LogP contribution in [0.25, 0.3) is 0 Å². The summed E-state index contributed by atoms with van der Waals surface area (Å²) in [7, 11) is 1.49. The maximum Gasteiger partial charge on any atom is 0.308 e. The molecular weight excluding hydrogens is 284 g/mol. The number of rotatable bonds is 6. The number of nitriles is 1. The van der Waals surface area contributed by atoms with Gasteiger partial charge in [0.2, 0.25) is 0 Å². The fourth-order valence-corrected chi connectivity index (χ4v) is 1.99. The first-order valence-corrected chi connectivity index (χ1v) is 6.95. The maximum atomic E-state index is 12.3. The van der Waals surface area contributed by atoms with Gasteiger partial charge in [0.25, 0.3) is 5.91 Å². The molecule has 0 aromatic heterocycles. The highest BCUT2D eigenvalue weighted by Gasteiger charge is 2.32. The first-order chi connectivity index (χ1) is 10.4. The molecule has 0 radical (unpaired) electrons. The lowest BCUT2D eigenvalue weighted by Gasteiger charge is -2.26. The van der Waals surface area contributed by atoms with Crippen molar-refractivity contribution in [3.63, 3.8) is 0 Å². The number of carbonyl (C=O) groups excluding carboxylic acids is 2. The largest absolute Gasteiger partial charge is 0.425 e. The minimum Gasteiger partial charge on any atom is -0.425 e. The van der Waals surface area contributed by atoms with Crippen molar-refractivity contribution in [1.29, 1.82) is 5.26 Å². The van der Waals surface area contributed by atoms with Crippen molar-refractivity contribution in [1.82, 2.24) is 0 Å². The zero-order valence-corrected chi connectivity index (χ0v) is 13.2. The molecule has 0 aliphatic carbocycles. The second-order valence-electron chi connectivity index (χ2n) is 5.06. The Morgan fingerprint density at radius 2 is 2.09 bits per heavy atom. The molecular formula is C16H20N2O4. The van der Waals surface area contributed by atoms with Gasteiger partial charge in [-0.25, -0.2) is 0 Å². The molecule has 0 bridgehead atoms. The molecule has 1 rings (SSSR count). The molecule has 6 nitrogen and oxygen atoms in total. The molecule has 1 aromatic rings. The van der Waals surface area contributed by atoms with Gasteiger partial charge >= 0.3 is 5.97 Å². The van der Waals surface area contributed by atoms with Crippen LogP contribution in [0.5, 0.6) is 5.75 Å². The first-order valence-electron chi connectivity index (χ1n) is 6.95. The minimum atomic E-state index is -0.934. The van der Waals surface area contributed by atoms with E-state index in [9.17, 15) is 9.59 Å². The molecule has 118 valence electrons. The van der Waals surface area contributed by atoms with E-state index >= 15 is 0 Å². The number of carbonyl (C=O) groups is 2. The summed E-state index contributed by atoms with van der Waals surface area (Å²) < 4.78 is 10.2. The monoisotopic (exact) mass is 304 g/mol. The molecule has 1 N–H and O–H groups in total. The van der Waals surface area contributed by atoms with Crippen molar-refractivity contribution < 1.29 is 19.1 Å². The lowest BCUT2D eigenvalue weighted by molar-refractivity contribution is -0.136. The van der Waals surface area contributed by atoms with E-state index in [-0.39, 0.29) is 17.2 Å². The Balaban J connectivity index is 2.97.